The minimum absolute atomic E-state index is 0.600. The normalized spacial score (nSPS) is 24.1. The first-order chi connectivity index (χ1) is 8.11. The van der Waals surface area contributed by atoms with Gasteiger partial charge >= 0.3 is 0 Å². The summed E-state index contributed by atoms with van der Waals surface area (Å²) in [7, 11) is 0. The molecule has 0 spiro atoms. The Kier molecular flexibility index (Phi) is 3.46. The molecule has 0 bridgehead atoms. The van der Waals surface area contributed by atoms with Crippen molar-refractivity contribution in [2.24, 2.45) is 5.92 Å². The molecule has 2 unspecified atom stereocenters. The second kappa shape index (κ2) is 4.86. The average Bonchev–Trinajstić information content (AvgIpc) is 2.61. The van der Waals surface area contributed by atoms with Crippen LogP contribution in [0.15, 0.2) is 18.2 Å². The molecule has 1 fully saturated rings. The second-order valence-electron chi connectivity index (χ2n) is 5.00. The first-order valence-electron chi connectivity index (χ1n) is 6.40. The zero-order valence-corrected chi connectivity index (χ0v) is 10.9. The van der Waals surface area contributed by atoms with Crippen molar-refractivity contribution in [3.63, 3.8) is 0 Å². The van der Waals surface area contributed by atoms with Crippen LogP contribution >= 0.6 is 0 Å². The number of rotatable bonds is 3. The van der Waals surface area contributed by atoms with Crippen LogP contribution in [0, 0.1) is 5.92 Å². The standard InChI is InChI=1S/C14H22N2O/c1-4-17-14-8-12(5-6-13(14)15)16-9-10(2)7-11(16)3/h5-6,8,10-11H,4,7,9,15H2,1-3H3. The molecule has 1 aromatic carbocycles. The van der Waals surface area contributed by atoms with E-state index in [9.17, 15) is 0 Å². The van der Waals surface area contributed by atoms with E-state index in [2.05, 4.69) is 30.9 Å². The number of nitrogens with two attached hydrogens (primary N) is 1. The Hall–Kier alpha value is -1.38. The third kappa shape index (κ3) is 2.48. The van der Waals surface area contributed by atoms with Crippen LogP contribution in [-0.4, -0.2) is 19.2 Å². The van der Waals surface area contributed by atoms with Gasteiger partial charge in [0, 0.05) is 24.3 Å². The predicted molar refractivity (Wildman–Crippen MR) is 72.6 cm³/mol. The van der Waals surface area contributed by atoms with Crippen molar-refractivity contribution < 1.29 is 4.74 Å². The lowest BCUT2D eigenvalue weighted by atomic mass is 10.1. The summed E-state index contributed by atoms with van der Waals surface area (Å²) in [5.41, 5.74) is 7.83. The van der Waals surface area contributed by atoms with E-state index in [-0.39, 0.29) is 0 Å². The van der Waals surface area contributed by atoms with Crippen LogP contribution in [0.3, 0.4) is 0 Å². The fourth-order valence-corrected chi connectivity index (χ4v) is 2.64. The largest absolute Gasteiger partial charge is 0.492 e. The van der Waals surface area contributed by atoms with Crippen molar-refractivity contribution in [2.75, 3.05) is 23.8 Å². The molecule has 1 heterocycles. The SMILES string of the molecule is CCOc1cc(N2CC(C)CC2C)ccc1N. The lowest BCUT2D eigenvalue weighted by molar-refractivity contribution is 0.342. The van der Waals surface area contributed by atoms with Crippen molar-refractivity contribution in [3.8, 4) is 5.75 Å². The van der Waals surface area contributed by atoms with Gasteiger partial charge in [-0.15, -0.1) is 0 Å². The molecule has 94 valence electrons. The summed E-state index contributed by atoms with van der Waals surface area (Å²) in [6.45, 7) is 8.33. The van der Waals surface area contributed by atoms with Gasteiger partial charge in [0.15, 0.2) is 0 Å². The number of hydrogen-bond acceptors (Lipinski definition) is 3. The maximum atomic E-state index is 5.89. The van der Waals surface area contributed by atoms with E-state index >= 15 is 0 Å². The van der Waals surface area contributed by atoms with E-state index in [1.165, 1.54) is 12.1 Å². The number of anilines is 2. The molecule has 3 nitrogen and oxygen atoms in total. The fraction of sp³-hybridized carbons (Fsp3) is 0.571. The third-order valence-electron chi connectivity index (χ3n) is 3.41. The van der Waals surface area contributed by atoms with E-state index in [1.807, 2.05) is 13.0 Å². The van der Waals surface area contributed by atoms with Crippen LogP contribution in [0.1, 0.15) is 27.2 Å². The van der Waals surface area contributed by atoms with Crippen LogP contribution < -0.4 is 15.4 Å². The fourth-order valence-electron chi connectivity index (χ4n) is 2.64. The van der Waals surface area contributed by atoms with Gasteiger partial charge in [0.1, 0.15) is 5.75 Å². The van der Waals surface area contributed by atoms with Crippen LogP contribution in [-0.2, 0) is 0 Å². The topological polar surface area (TPSA) is 38.5 Å². The highest BCUT2D eigenvalue weighted by atomic mass is 16.5. The highest BCUT2D eigenvalue weighted by molar-refractivity contribution is 5.63. The molecule has 2 N–H and O–H groups in total. The third-order valence-corrected chi connectivity index (χ3v) is 3.41. The minimum Gasteiger partial charge on any atom is -0.492 e. The molecule has 2 atom stereocenters. The van der Waals surface area contributed by atoms with E-state index < -0.39 is 0 Å². The molecule has 3 heteroatoms. The maximum absolute atomic E-state index is 5.89. The molecular formula is C14H22N2O. The average molecular weight is 234 g/mol. The summed E-state index contributed by atoms with van der Waals surface area (Å²) in [5.74, 6) is 1.56. The molecule has 2 rings (SSSR count). The number of hydrogen-bond donors (Lipinski definition) is 1. The van der Waals surface area contributed by atoms with Gasteiger partial charge in [-0.1, -0.05) is 6.92 Å². The van der Waals surface area contributed by atoms with Crippen molar-refractivity contribution in [1.29, 1.82) is 0 Å². The zero-order chi connectivity index (χ0) is 12.4. The van der Waals surface area contributed by atoms with Crippen LogP contribution in [0.2, 0.25) is 0 Å². The zero-order valence-electron chi connectivity index (χ0n) is 10.9. The van der Waals surface area contributed by atoms with Gasteiger partial charge in [0.2, 0.25) is 0 Å². The summed E-state index contributed by atoms with van der Waals surface area (Å²) in [5, 5.41) is 0. The highest BCUT2D eigenvalue weighted by Crippen LogP contribution is 2.33. The molecule has 1 saturated heterocycles. The smallest absolute Gasteiger partial charge is 0.144 e. The maximum Gasteiger partial charge on any atom is 0.144 e. The summed E-state index contributed by atoms with van der Waals surface area (Å²) in [6.07, 6.45) is 1.26. The Morgan fingerprint density at radius 3 is 2.76 bits per heavy atom. The lowest BCUT2D eigenvalue weighted by Crippen LogP contribution is -2.26. The Morgan fingerprint density at radius 2 is 2.18 bits per heavy atom. The Morgan fingerprint density at radius 1 is 1.41 bits per heavy atom. The summed E-state index contributed by atoms with van der Waals surface area (Å²) < 4.78 is 5.55. The van der Waals surface area contributed by atoms with Crippen molar-refractivity contribution >= 4 is 11.4 Å². The van der Waals surface area contributed by atoms with Gasteiger partial charge in [-0.3, -0.25) is 0 Å². The number of benzene rings is 1. The van der Waals surface area contributed by atoms with E-state index in [0.29, 0.717) is 12.6 Å². The first kappa shape index (κ1) is 12.1. The molecule has 0 amide bonds. The predicted octanol–water partition coefficient (Wildman–Crippen LogP) is 2.90. The lowest BCUT2D eigenvalue weighted by Gasteiger charge is -2.24. The molecule has 0 aromatic heterocycles. The van der Waals surface area contributed by atoms with Crippen molar-refractivity contribution in [2.45, 2.75) is 33.2 Å². The van der Waals surface area contributed by atoms with Gasteiger partial charge < -0.3 is 15.4 Å². The molecule has 0 aliphatic carbocycles. The molecule has 0 saturated carbocycles. The monoisotopic (exact) mass is 234 g/mol. The first-order valence-corrected chi connectivity index (χ1v) is 6.40. The number of nitrogens with zero attached hydrogens (tertiary/aromatic N) is 1. The Balaban J connectivity index is 2.24. The molecule has 1 aliphatic rings. The Labute approximate surface area is 104 Å². The minimum atomic E-state index is 0.600. The molecule has 1 aliphatic heterocycles. The number of nitrogen functional groups attached to an aromatic ring is 1. The highest BCUT2D eigenvalue weighted by Gasteiger charge is 2.26. The van der Waals surface area contributed by atoms with E-state index in [4.69, 9.17) is 10.5 Å². The molecule has 1 aromatic rings. The van der Waals surface area contributed by atoms with Crippen LogP contribution in [0.4, 0.5) is 11.4 Å². The molecule has 17 heavy (non-hydrogen) atoms. The van der Waals surface area contributed by atoms with Crippen LogP contribution in [0.25, 0.3) is 0 Å². The Bertz CT molecular complexity index is 392. The van der Waals surface area contributed by atoms with Crippen LogP contribution in [0.5, 0.6) is 5.75 Å². The van der Waals surface area contributed by atoms with Gasteiger partial charge in [-0.25, -0.2) is 0 Å². The second-order valence-corrected chi connectivity index (χ2v) is 5.00. The summed E-state index contributed by atoms with van der Waals surface area (Å²) in [4.78, 5) is 2.44. The van der Waals surface area contributed by atoms with Crippen molar-refractivity contribution in [1.82, 2.24) is 0 Å². The van der Waals surface area contributed by atoms with Gasteiger partial charge in [-0.05, 0) is 38.3 Å². The van der Waals surface area contributed by atoms with Gasteiger partial charge in [0.05, 0.1) is 12.3 Å². The van der Waals surface area contributed by atoms with Crippen molar-refractivity contribution in [3.05, 3.63) is 18.2 Å². The molecule has 0 radical (unpaired) electrons. The summed E-state index contributed by atoms with van der Waals surface area (Å²) in [6, 6.07) is 6.69. The van der Waals surface area contributed by atoms with Gasteiger partial charge in [0.25, 0.3) is 0 Å². The van der Waals surface area contributed by atoms with Gasteiger partial charge in [-0.2, -0.15) is 0 Å². The van der Waals surface area contributed by atoms with E-state index in [0.717, 1.165) is 23.9 Å². The summed E-state index contributed by atoms with van der Waals surface area (Å²) >= 11 is 0. The van der Waals surface area contributed by atoms with E-state index in [1.54, 1.807) is 0 Å². The molecular weight excluding hydrogens is 212 g/mol. The quantitative estimate of drug-likeness (QED) is 0.817. The number of ether oxygens (including phenoxy) is 1.